The predicted octanol–water partition coefficient (Wildman–Crippen LogP) is 1.17. The van der Waals surface area contributed by atoms with Gasteiger partial charge in [0, 0.05) is 36.6 Å². The molecular weight excluding hydrogens is 512 g/mol. The van der Waals surface area contributed by atoms with E-state index in [-0.39, 0.29) is 17.6 Å². The molecule has 38 heavy (non-hydrogen) atoms. The number of aromatic amines is 2. The van der Waals surface area contributed by atoms with Gasteiger partial charge in [-0.2, -0.15) is 9.61 Å². The van der Waals surface area contributed by atoms with Gasteiger partial charge >= 0.3 is 5.69 Å². The van der Waals surface area contributed by atoms with Crippen molar-refractivity contribution in [2.45, 2.75) is 18.9 Å². The summed E-state index contributed by atoms with van der Waals surface area (Å²) in [7, 11) is 0. The van der Waals surface area contributed by atoms with Crippen molar-refractivity contribution < 1.29 is 14.6 Å². The Morgan fingerprint density at radius 3 is 2.84 bits per heavy atom. The Balaban J connectivity index is 1.26. The fourth-order valence-corrected chi connectivity index (χ4v) is 4.45. The van der Waals surface area contributed by atoms with E-state index in [1.807, 2.05) is 18.2 Å². The minimum absolute atomic E-state index is 0.238. The van der Waals surface area contributed by atoms with Crippen LogP contribution in [0, 0.1) is 0 Å². The molecule has 0 bridgehead atoms. The van der Waals surface area contributed by atoms with E-state index in [2.05, 4.69) is 25.3 Å². The first-order valence-electron chi connectivity index (χ1n) is 12.5. The molecule has 1 aromatic carbocycles. The topological polar surface area (TPSA) is 145 Å². The van der Waals surface area contributed by atoms with Crippen LogP contribution in [0.3, 0.4) is 0 Å². The van der Waals surface area contributed by atoms with Crippen LogP contribution in [0.4, 0.5) is 11.5 Å². The molecule has 2 aliphatic rings. The van der Waals surface area contributed by atoms with E-state index in [1.165, 1.54) is 0 Å². The van der Waals surface area contributed by atoms with Gasteiger partial charge in [0.25, 0.3) is 0 Å². The normalized spacial score (nSPS) is 17.4. The third-order valence-corrected chi connectivity index (χ3v) is 6.65. The molecule has 0 spiro atoms. The van der Waals surface area contributed by atoms with Crippen LogP contribution < -0.4 is 26.4 Å². The first-order chi connectivity index (χ1) is 18.5. The first kappa shape index (κ1) is 24.5. The second-order valence-corrected chi connectivity index (χ2v) is 9.66. The Bertz CT molecular complexity index is 1640. The number of fused-ring (bicyclic) bond motifs is 1. The number of imidazole rings is 1. The highest BCUT2D eigenvalue weighted by molar-refractivity contribution is 6.32. The number of aromatic nitrogens is 5. The molecule has 2 fully saturated rings. The summed E-state index contributed by atoms with van der Waals surface area (Å²) in [5.41, 5.74) is 1.64. The number of aromatic hydroxyl groups is 1. The first-order valence-corrected chi connectivity index (χ1v) is 12.8. The van der Waals surface area contributed by atoms with E-state index in [9.17, 15) is 9.90 Å². The molecule has 4 heterocycles. The molecule has 0 radical (unpaired) electrons. The highest BCUT2D eigenvalue weighted by atomic mass is 35.5. The molecule has 0 unspecified atom stereocenters. The van der Waals surface area contributed by atoms with Gasteiger partial charge in [-0.3, -0.25) is 14.9 Å². The van der Waals surface area contributed by atoms with E-state index in [0.717, 1.165) is 51.4 Å². The fourth-order valence-electron chi connectivity index (χ4n) is 4.21. The fraction of sp³-hybridized carbons (Fsp3) is 0.360. The highest BCUT2D eigenvalue weighted by Gasteiger charge is 2.20. The van der Waals surface area contributed by atoms with Gasteiger partial charge in [-0.1, -0.05) is 11.6 Å². The third kappa shape index (κ3) is 5.52. The zero-order chi connectivity index (χ0) is 26.1. The Kier molecular flexibility index (Phi) is 6.75. The van der Waals surface area contributed by atoms with Crippen LogP contribution >= 0.6 is 11.6 Å². The number of nitrogens with zero attached hydrogens (tertiary/aromatic N) is 5. The molecule has 1 aliphatic heterocycles. The van der Waals surface area contributed by atoms with Crippen LogP contribution in [0.25, 0.3) is 11.7 Å². The lowest BCUT2D eigenvalue weighted by Gasteiger charge is -2.26. The van der Waals surface area contributed by atoms with Gasteiger partial charge in [-0.25, -0.2) is 9.78 Å². The summed E-state index contributed by atoms with van der Waals surface area (Å²) >= 11 is 6.52. The van der Waals surface area contributed by atoms with Crippen LogP contribution in [0.15, 0.2) is 40.2 Å². The Hall–Kier alpha value is -3.87. The molecule has 4 aromatic rings. The molecule has 13 heteroatoms. The average Bonchev–Trinajstić information content (AvgIpc) is 3.54. The molecule has 1 saturated carbocycles. The van der Waals surface area contributed by atoms with E-state index >= 15 is 0 Å². The van der Waals surface area contributed by atoms with Crippen molar-refractivity contribution in [3.05, 3.63) is 62.4 Å². The molecule has 1 aliphatic carbocycles. The zero-order valence-corrected chi connectivity index (χ0v) is 21.2. The third-order valence-electron chi connectivity index (χ3n) is 6.35. The smallest absolute Gasteiger partial charge is 0.326 e. The number of nitrogens with one attached hydrogen (secondary N) is 3. The number of anilines is 2. The second-order valence-electron chi connectivity index (χ2n) is 9.25. The van der Waals surface area contributed by atoms with Gasteiger partial charge in [0.2, 0.25) is 5.88 Å². The van der Waals surface area contributed by atoms with Crippen LogP contribution in [0.1, 0.15) is 18.5 Å². The van der Waals surface area contributed by atoms with Crippen molar-refractivity contribution in [2.75, 3.05) is 44.8 Å². The Labute approximate surface area is 221 Å². The lowest BCUT2D eigenvalue weighted by Crippen LogP contribution is -2.38. The number of hydrogen-bond acceptors (Lipinski definition) is 9. The molecule has 0 amide bonds. The summed E-state index contributed by atoms with van der Waals surface area (Å²) in [4.78, 5) is 28.2. The molecule has 6 rings (SSSR count). The van der Waals surface area contributed by atoms with Gasteiger partial charge < -0.3 is 24.9 Å². The van der Waals surface area contributed by atoms with Gasteiger partial charge in [0.15, 0.2) is 11.1 Å². The van der Waals surface area contributed by atoms with Crippen LogP contribution in [-0.2, 0) is 4.74 Å². The second kappa shape index (κ2) is 10.5. The minimum Gasteiger partial charge on any atom is -0.493 e. The minimum atomic E-state index is -0.504. The number of rotatable bonds is 8. The lowest BCUT2D eigenvalue weighted by atomic mass is 10.3. The summed E-state index contributed by atoms with van der Waals surface area (Å²) in [5.74, 6) is 0.913. The summed E-state index contributed by atoms with van der Waals surface area (Å²) in [5, 5.41) is 18.8. The molecule has 4 N–H and O–H groups in total. The maximum atomic E-state index is 11.5. The summed E-state index contributed by atoms with van der Waals surface area (Å²) < 4.78 is 12.9. The largest absolute Gasteiger partial charge is 0.493 e. The van der Waals surface area contributed by atoms with Crippen molar-refractivity contribution in [1.82, 2.24) is 29.5 Å². The summed E-state index contributed by atoms with van der Waals surface area (Å²) in [6.45, 7) is 4.68. The summed E-state index contributed by atoms with van der Waals surface area (Å²) in [6.07, 6.45) is 5.29. The number of H-pyrrole nitrogens is 2. The zero-order valence-electron chi connectivity index (χ0n) is 20.5. The van der Waals surface area contributed by atoms with Crippen molar-refractivity contribution in [3.8, 4) is 11.6 Å². The van der Waals surface area contributed by atoms with Crippen molar-refractivity contribution >= 4 is 34.8 Å². The van der Waals surface area contributed by atoms with Crippen molar-refractivity contribution in [3.63, 3.8) is 0 Å². The van der Waals surface area contributed by atoms with E-state index in [0.29, 0.717) is 39.6 Å². The maximum absolute atomic E-state index is 11.5. The number of benzene rings is 1. The van der Waals surface area contributed by atoms with Crippen LogP contribution in [-0.4, -0.2) is 80.1 Å². The quantitative estimate of drug-likeness (QED) is 0.261. The molecule has 198 valence electrons. The average molecular weight is 539 g/mol. The number of morpholine rings is 1. The van der Waals surface area contributed by atoms with Gasteiger partial charge in [-0.05, 0) is 37.1 Å². The van der Waals surface area contributed by atoms with E-state index < -0.39 is 5.69 Å². The Morgan fingerprint density at radius 1 is 1.26 bits per heavy atom. The monoisotopic (exact) mass is 538 g/mol. The molecule has 3 aromatic heterocycles. The predicted molar refractivity (Wildman–Crippen MR) is 141 cm³/mol. The standard InChI is InChI=1S/C25H27ClN8O4/c26-18-12-17(3-4-20(18)38-10-7-33-5-8-37-9-6-33)28-21-13-22(29-16-1-2-16)34-23(31-21)15(14-27-34)11-19-24(35)32-25(36)30-19/h3-4,11-14,16,28,35H,1-2,5-10H2,(H2,30,32,36)/b15-11+,29-22?. The number of halogens is 1. The van der Waals surface area contributed by atoms with Crippen LogP contribution in [0.2, 0.25) is 5.02 Å². The van der Waals surface area contributed by atoms with Crippen molar-refractivity contribution in [1.29, 1.82) is 0 Å². The number of hydrogen-bond donors (Lipinski definition) is 4. The SMILES string of the molecule is O=c1[nH]c(O)c(/C=c2\cnn3c(=NC4CC4)cc(Nc4ccc(OCCN5CCOCC5)c(Cl)c4)nc23)[nH]1. The van der Waals surface area contributed by atoms with Crippen molar-refractivity contribution in [2.24, 2.45) is 4.99 Å². The Morgan fingerprint density at radius 2 is 2.11 bits per heavy atom. The molecule has 1 saturated heterocycles. The van der Waals surface area contributed by atoms with E-state index in [1.54, 1.807) is 22.9 Å². The molecule has 12 nitrogen and oxygen atoms in total. The van der Waals surface area contributed by atoms with Gasteiger partial charge in [0.1, 0.15) is 23.9 Å². The number of ether oxygens (including phenoxy) is 2. The molecule has 0 atom stereocenters. The highest BCUT2D eigenvalue weighted by Crippen LogP contribution is 2.29. The maximum Gasteiger partial charge on any atom is 0.326 e. The van der Waals surface area contributed by atoms with E-state index in [4.69, 9.17) is 31.1 Å². The van der Waals surface area contributed by atoms with Gasteiger partial charge in [-0.15, -0.1) is 0 Å². The van der Waals surface area contributed by atoms with Gasteiger partial charge in [0.05, 0.1) is 30.5 Å². The lowest BCUT2D eigenvalue weighted by molar-refractivity contribution is 0.0322. The van der Waals surface area contributed by atoms with Crippen LogP contribution in [0.5, 0.6) is 11.6 Å². The summed E-state index contributed by atoms with van der Waals surface area (Å²) in [6, 6.07) is 7.60. The molecular formula is C25H27ClN8O4.